The van der Waals surface area contributed by atoms with E-state index in [1.807, 2.05) is 14.0 Å². The van der Waals surface area contributed by atoms with E-state index in [0.717, 1.165) is 29.1 Å². The molecular formula is C11H18N4OS. The normalized spacial score (nSPS) is 15.0. The smallest absolute Gasteiger partial charge is 0.230 e. The van der Waals surface area contributed by atoms with E-state index >= 15 is 0 Å². The zero-order valence-corrected chi connectivity index (χ0v) is 11.0. The molecule has 0 aliphatic heterocycles. The molecule has 0 radical (unpaired) electrons. The second-order valence-electron chi connectivity index (χ2n) is 4.33. The Morgan fingerprint density at radius 2 is 2.35 bits per heavy atom. The van der Waals surface area contributed by atoms with E-state index in [4.69, 9.17) is 5.73 Å². The van der Waals surface area contributed by atoms with Crippen LogP contribution in [0, 0.1) is 6.92 Å². The molecule has 17 heavy (non-hydrogen) atoms. The highest BCUT2D eigenvalue weighted by Gasteiger charge is 2.23. The minimum absolute atomic E-state index is 0.0966. The van der Waals surface area contributed by atoms with Crippen LogP contribution in [0.5, 0.6) is 0 Å². The lowest BCUT2D eigenvalue weighted by molar-refractivity contribution is -0.118. The lowest BCUT2D eigenvalue weighted by atomic mass is 10.3. The van der Waals surface area contributed by atoms with E-state index in [-0.39, 0.29) is 5.91 Å². The highest BCUT2D eigenvalue weighted by atomic mass is 32.2. The first-order valence-electron chi connectivity index (χ1n) is 5.76. The van der Waals surface area contributed by atoms with Gasteiger partial charge in [0.25, 0.3) is 0 Å². The van der Waals surface area contributed by atoms with Gasteiger partial charge in [0, 0.05) is 25.2 Å². The van der Waals surface area contributed by atoms with Crippen LogP contribution in [-0.4, -0.2) is 27.5 Å². The summed E-state index contributed by atoms with van der Waals surface area (Å²) in [6.07, 6.45) is 2.24. The van der Waals surface area contributed by atoms with Crippen molar-refractivity contribution in [1.29, 1.82) is 0 Å². The van der Waals surface area contributed by atoms with Gasteiger partial charge in [-0.1, -0.05) is 11.8 Å². The van der Waals surface area contributed by atoms with Crippen molar-refractivity contribution < 1.29 is 4.79 Å². The number of nitrogens with zero attached hydrogens (tertiary/aromatic N) is 2. The first-order chi connectivity index (χ1) is 8.11. The van der Waals surface area contributed by atoms with Crippen LogP contribution in [0.4, 0.5) is 0 Å². The fourth-order valence-electron chi connectivity index (χ4n) is 1.73. The summed E-state index contributed by atoms with van der Waals surface area (Å²) in [4.78, 5) is 11.6. The van der Waals surface area contributed by atoms with E-state index in [0.29, 0.717) is 18.3 Å². The van der Waals surface area contributed by atoms with Gasteiger partial charge in [-0.3, -0.25) is 9.48 Å². The maximum atomic E-state index is 11.6. The van der Waals surface area contributed by atoms with Gasteiger partial charge < -0.3 is 11.1 Å². The molecule has 0 atom stereocenters. The standard InChI is InChI=1S/C11H18N4OS/c1-7-9(5-12)11(15(2)14-7)17-6-10(16)13-8-3-4-8/h8H,3-6,12H2,1-2H3,(H,13,16). The Morgan fingerprint density at radius 3 is 2.94 bits per heavy atom. The topological polar surface area (TPSA) is 72.9 Å². The quantitative estimate of drug-likeness (QED) is 0.753. The third-order valence-electron chi connectivity index (χ3n) is 2.78. The average Bonchev–Trinajstić information content (AvgIpc) is 3.02. The first-order valence-corrected chi connectivity index (χ1v) is 6.75. The Balaban J connectivity index is 1.95. The Kier molecular flexibility index (Phi) is 3.73. The minimum atomic E-state index is 0.0966. The van der Waals surface area contributed by atoms with Crippen LogP contribution >= 0.6 is 11.8 Å². The fraction of sp³-hybridized carbons (Fsp3) is 0.636. The lowest BCUT2D eigenvalue weighted by Gasteiger charge is -2.05. The molecule has 1 amide bonds. The van der Waals surface area contributed by atoms with E-state index in [1.54, 1.807) is 4.68 Å². The monoisotopic (exact) mass is 254 g/mol. The summed E-state index contributed by atoms with van der Waals surface area (Å²) in [5.41, 5.74) is 7.68. The van der Waals surface area contributed by atoms with Crippen molar-refractivity contribution in [2.24, 2.45) is 12.8 Å². The largest absolute Gasteiger partial charge is 0.353 e. The number of nitrogens with one attached hydrogen (secondary N) is 1. The maximum absolute atomic E-state index is 11.6. The Hall–Kier alpha value is -1.01. The molecule has 5 nitrogen and oxygen atoms in total. The van der Waals surface area contributed by atoms with Gasteiger partial charge in [0.05, 0.1) is 16.5 Å². The molecule has 1 aromatic rings. The molecule has 0 spiro atoms. The second kappa shape index (κ2) is 5.10. The number of hydrogen-bond acceptors (Lipinski definition) is 4. The van der Waals surface area contributed by atoms with Gasteiger partial charge in [0.1, 0.15) is 0 Å². The van der Waals surface area contributed by atoms with Crippen molar-refractivity contribution in [3.8, 4) is 0 Å². The van der Waals surface area contributed by atoms with Crippen molar-refractivity contribution >= 4 is 17.7 Å². The van der Waals surface area contributed by atoms with Crippen LogP contribution in [0.2, 0.25) is 0 Å². The number of hydrogen-bond donors (Lipinski definition) is 2. The molecule has 0 unspecified atom stereocenters. The van der Waals surface area contributed by atoms with Gasteiger partial charge in [-0.15, -0.1) is 0 Å². The van der Waals surface area contributed by atoms with Crippen molar-refractivity contribution in [3.63, 3.8) is 0 Å². The molecule has 0 aromatic carbocycles. The molecule has 94 valence electrons. The second-order valence-corrected chi connectivity index (χ2v) is 5.29. The van der Waals surface area contributed by atoms with Crippen molar-refractivity contribution in [3.05, 3.63) is 11.3 Å². The molecule has 1 heterocycles. The molecule has 3 N–H and O–H groups in total. The summed E-state index contributed by atoms with van der Waals surface area (Å²) in [7, 11) is 1.88. The fourth-order valence-corrected chi connectivity index (χ4v) is 2.71. The van der Waals surface area contributed by atoms with Crippen LogP contribution in [0.15, 0.2) is 5.03 Å². The van der Waals surface area contributed by atoms with Crippen LogP contribution in [-0.2, 0) is 18.4 Å². The van der Waals surface area contributed by atoms with Gasteiger partial charge in [-0.05, 0) is 19.8 Å². The highest BCUT2D eigenvalue weighted by molar-refractivity contribution is 8.00. The van der Waals surface area contributed by atoms with Gasteiger partial charge in [-0.25, -0.2) is 0 Å². The van der Waals surface area contributed by atoms with Gasteiger partial charge in [-0.2, -0.15) is 5.10 Å². The van der Waals surface area contributed by atoms with E-state index in [1.165, 1.54) is 11.8 Å². The van der Waals surface area contributed by atoms with E-state index in [9.17, 15) is 4.79 Å². The first kappa shape index (κ1) is 12.4. The summed E-state index contributed by atoms with van der Waals surface area (Å²) in [5, 5.41) is 8.28. The summed E-state index contributed by atoms with van der Waals surface area (Å²) < 4.78 is 1.80. The number of thioether (sulfide) groups is 1. The molecule has 1 aromatic heterocycles. The third-order valence-corrected chi connectivity index (χ3v) is 3.97. The molecule has 6 heteroatoms. The number of nitrogens with two attached hydrogens (primary N) is 1. The summed E-state index contributed by atoms with van der Waals surface area (Å²) in [6.45, 7) is 2.41. The summed E-state index contributed by atoms with van der Waals surface area (Å²) in [5.74, 6) is 0.530. The SMILES string of the molecule is Cc1nn(C)c(SCC(=O)NC2CC2)c1CN. The van der Waals surface area contributed by atoms with Crippen molar-refractivity contribution in [2.45, 2.75) is 37.4 Å². The predicted molar refractivity (Wildman–Crippen MR) is 67.7 cm³/mol. The third kappa shape index (κ3) is 3.01. The summed E-state index contributed by atoms with van der Waals surface area (Å²) >= 11 is 1.51. The molecule has 2 rings (SSSR count). The Bertz CT molecular complexity index is 425. The number of aryl methyl sites for hydroxylation is 2. The Morgan fingerprint density at radius 1 is 1.65 bits per heavy atom. The molecule has 1 aliphatic carbocycles. The molecule has 1 saturated carbocycles. The number of aromatic nitrogens is 2. The number of carbonyl (C=O) groups excluding carboxylic acids is 1. The molecule has 1 aliphatic rings. The average molecular weight is 254 g/mol. The molecule has 1 fully saturated rings. The van der Waals surface area contributed by atoms with E-state index in [2.05, 4.69) is 10.4 Å². The van der Waals surface area contributed by atoms with Crippen LogP contribution in [0.25, 0.3) is 0 Å². The van der Waals surface area contributed by atoms with Gasteiger partial charge in [0.15, 0.2) is 0 Å². The number of carbonyl (C=O) groups is 1. The molecule has 0 saturated heterocycles. The molecule has 0 bridgehead atoms. The summed E-state index contributed by atoms with van der Waals surface area (Å²) in [6, 6.07) is 0.422. The van der Waals surface area contributed by atoms with Crippen LogP contribution in [0.1, 0.15) is 24.1 Å². The zero-order valence-electron chi connectivity index (χ0n) is 10.2. The van der Waals surface area contributed by atoms with Crippen LogP contribution in [0.3, 0.4) is 0 Å². The zero-order chi connectivity index (χ0) is 12.4. The lowest BCUT2D eigenvalue weighted by Crippen LogP contribution is -2.27. The van der Waals surface area contributed by atoms with E-state index < -0.39 is 0 Å². The van der Waals surface area contributed by atoms with Crippen molar-refractivity contribution in [2.75, 3.05) is 5.75 Å². The number of amides is 1. The number of rotatable bonds is 5. The Labute approximate surface area is 105 Å². The maximum Gasteiger partial charge on any atom is 0.230 e. The predicted octanol–water partition coefficient (Wildman–Crippen LogP) is 0.558. The van der Waals surface area contributed by atoms with Crippen molar-refractivity contribution in [1.82, 2.24) is 15.1 Å². The van der Waals surface area contributed by atoms with Crippen LogP contribution < -0.4 is 11.1 Å². The molecular weight excluding hydrogens is 236 g/mol. The van der Waals surface area contributed by atoms with Gasteiger partial charge >= 0.3 is 0 Å². The highest BCUT2D eigenvalue weighted by Crippen LogP contribution is 2.25. The minimum Gasteiger partial charge on any atom is -0.353 e. The van der Waals surface area contributed by atoms with Gasteiger partial charge in [0.2, 0.25) is 5.91 Å².